The number of aryl methyl sites for hydroxylation is 3. The molecule has 0 spiro atoms. The molecule has 3 aromatic rings. The van der Waals surface area contributed by atoms with Crippen molar-refractivity contribution in [2.45, 2.75) is 58.2 Å². The number of thioether (sulfide) groups is 1. The van der Waals surface area contributed by atoms with Crippen molar-refractivity contribution in [2.75, 3.05) is 11.1 Å². The molecule has 0 atom stereocenters. The van der Waals surface area contributed by atoms with Gasteiger partial charge in [-0.2, -0.15) is 5.10 Å². The first-order valence-corrected chi connectivity index (χ1v) is 10.9. The minimum Gasteiger partial charge on any atom is -0.322 e. The number of benzene rings is 1. The van der Waals surface area contributed by atoms with Crippen molar-refractivity contribution in [1.82, 2.24) is 19.3 Å². The highest BCUT2D eigenvalue weighted by Crippen LogP contribution is 2.25. The number of hydrogen-bond donors (Lipinski definition) is 1. The highest BCUT2D eigenvalue weighted by molar-refractivity contribution is 7.99. The molecule has 0 aliphatic heterocycles. The third-order valence-electron chi connectivity index (χ3n) is 4.96. The van der Waals surface area contributed by atoms with Crippen LogP contribution in [0.5, 0.6) is 0 Å². The lowest BCUT2D eigenvalue weighted by atomic mass is 10.2. The van der Waals surface area contributed by atoms with E-state index in [9.17, 15) is 4.79 Å². The number of carbonyl (C=O) groups is 1. The van der Waals surface area contributed by atoms with Gasteiger partial charge in [-0.15, -0.1) is 0 Å². The maximum Gasteiger partial charge on any atom is 0.234 e. The number of amides is 1. The van der Waals surface area contributed by atoms with Crippen molar-refractivity contribution in [1.29, 1.82) is 0 Å². The van der Waals surface area contributed by atoms with Crippen molar-refractivity contribution < 1.29 is 4.79 Å². The molecule has 6 nitrogen and oxygen atoms in total. The quantitative estimate of drug-likeness (QED) is 0.418. The van der Waals surface area contributed by atoms with Gasteiger partial charge in [-0.05, 0) is 32.4 Å². The van der Waals surface area contributed by atoms with Crippen LogP contribution in [0.25, 0.3) is 11.0 Å². The van der Waals surface area contributed by atoms with Gasteiger partial charge in [0.15, 0.2) is 5.16 Å². The van der Waals surface area contributed by atoms with Gasteiger partial charge in [0.2, 0.25) is 5.91 Å². The molecule has 2 aromatic heterocycles. The Morgan fingerprint density at radius 1 is 1.18 bits per heavy atom. The Hall–Kier alpha value is -2.28. The largest absolute Gasteiger partial charge is 0.322 e. The van der Waals surface area contributed by atoms with Gasteiger partial charge in [0.1, 0.15) is 0 Å². The van der Waals surface area contributed by atoms with E-state index in [1.807, 2.05) is 39.1 Å². The number of fused-ring (bicyclic) bond motifs is 1. The number of rotatable bonds is 9. The molecule has 0 fully saturated rings. The number of unbranched alkanes of at least 4 members (excludes halogenated alkanes) is 3. The first kappa shape index (κ1) is 20.5. The van der Waals surface area contributed by atoms with E-state index in [-0.39, 0.29) is 5.91 Å². The van der Waals surface area contributed by atoms with Crippen LogP contribution in [0.15, 0.2) is 29.4 Å². The Bertz CT molecular complexity index is 959. The second kappa shape index (κ2) is 9.28. The van der Waals surface area contributed by atoms with Gasteiger partial charge in [0.25, 0.3) is 0 Å². The lowest BCUT2D eigenvalue weighted by molar-refractivity contribution is -0.113. The minimum absolute atomic E-state index is 0.0335. The summed E-state index contributed by atoms with van der Waals surface area (Å²) in [6.07, 6.45) is 4.82. The topological polar surface area (TPSA) is 64.7 Å². The maximum absolute atomic E-state index is 12.5. The fraction of sp³-hybridized carbons (Fsp3) is 0.476. The average Bonchev–Trinajstić information content (AvgIpc) is 3.15. The SMILES string of the molecule is CCCCCCn1c(SCC(=O)Nc2c(C)nn(C)c2C)nc2ccccc21. The predicted molar refractivity (Wildman–Crippen MR) is 116 cm³/mol. The summed E-state index contributed by atoms with van der Waals surface area (Å²) in [7, 11) is 1.88. The van der Waals surface area contributed by atoms with Crippen LogP contribution >= 0.6 is 11.8 Å². The lowest BCUT2D eigenvalue weighted by Crippen LogP contribution is -2.15. The van der Waals surface area contributed by atoms with E-state index < -0.39 is 0 Å². The fourth-order valence-corrected chi connectivity index (χ4v) is 4.18. The molecule has 0 unspecified atom stereocenters. The van der Waals surface area contributed by atoms with Crippen LogP contribution < -0.4 is 5.32 Å². The van der Waals surface area contributed by atoms with Gasteiger partial charge in [-0.1, -0.05) is 50.1 Å². The predicted octanol–water partition coefficient (Wildman–Crippen LogP) is 4.70. The van der Waals surface area contributed by atoms with E-state index in [0.29, 0.717) is 5.75 Å². The summed E-state index contributed by atoms with van der Waals surface area (Å²) < 4.78 is 4.04. The van der Waals surface area contributed by atoms with Gasteiger partial charge in [-0.25, -0.2) is 4.98 Å². The Morgan fingerprint density at radius 3 is 2.68 bits per heavy atom. The molecule has 0 aliphatic carbocycles. The number of anilines is 1. The normalized spacial score (nSPS) is 11.3. The second-order valence-corrected chi connectivity index (χ2v) is 8.04. The van der Waals surface area contributed by atoms with Crippen LogP contribution in [0.3, 0.4) is 0 Å². The molecule has 1 amide bonds. The number of aromatic nitrogens is 4. The van der Waals surface area contributed by atoms with E-state index >= 15 is 0 Å². The zero-order chi connectivity index (χ0) is 20.1. The minimum atomic E-state index is -0.0335. The molecule has 7 heteroatoms. The molecular formula is C21H29N5OS. The van der Waals surface area contributed by atoms with E-state index in [4.69, 9.17) is 4.98 Å². The van der Waals surface area contributed by atoms with E-state index in [0.717, 1.165) is 46.2 Å². The number of hydrogen-bond acceptors (Lipinski definition) is 4. The summed E-state index contributed by atoms with van der Waals surface area (Å²) in [5.74, 6) is 0.292. The zero-order valence-electron chi connectivity index (χ0n) is 17.2. The third-order valence-corrected chi connectivity index (χ3v) is 5.94. The summed E-state index contributed by atoms with van der Waals surface area (Å²) in [5, 5.41) is 8.26. The molecule has 1 N–H and O–H groups in total. The number of nitrogens with zero attached hydrogens (tertiary/aromatic N) is 4. The standard InChI is InChI=1S/C21H29N5OS/c1-5-6-7-10-13-26-18-12-9-8-11-17(18)22-21(26)28-14-19(27)23-20-15(2)24-25(4)16(20)3/h8-9,11-12H,5-7,10,13-14H2,1-4H3,(H,23,27). The molecule has 150 valence electrons. The van der Waals surface area contributed by atoms with Gasteiger partial charge in [0.05, 0.1) is 33.9 Å². The van der Waals surface area contributed by atoms with Gasteiger partial charge >= 0.3 is 0 Å². The zero-order valence-corrected chi connectivity index (χ0v) is 18.0. The van der Waals surface area contributed by atoms with Crippen LogP contribution in [-0.2, 0) is 18.4 Å². The average molecular weight is 400 g/mol. The summed E-state index contributed by atoms with van der Waals surface area (Å²) in [6, 6.07) is 8.19. The highest BCUT2D eigenvalue weighted by Gasteiger charge is 2.15. The molecule has 0 radical (unpaired) electrons. The summed E-state index contributed by atoms with van der Waals surface area (Å²) in [4.78, 5) is 17.3. The first-order valence-electron chi connectivity index (χ1n) is 9.89. The number of imidazole rings is 1. The number of para-hydroxylation sites is 2. The maximum atomic E-state index is 12.5. The van der Waals surface area contributed by atoms with Gasteiger partial charge in [-0.3, -0.25) is 9.48 Å². The molecule has 0 aliphatic rings. The fourth-order valence-electron chi connectivity index (χ4n) is 3.34. The number of carbonyl (C=O) groups excluding carboxylic acids is 1. The van der Waals surface area contributed by atoms with Crippen LogP contribution in [0, 0.1) is 13.8 Å². The van der Waals surface area contributed by atoms with Crippen LogP contribution in [0.2, 0.25) is 0 Å². The van der Waals surface area contributed by atoms with E-state index in [1.54, 1.807) is 4.68 Å². The lowest BCUT2D eigenvalue weighted by Gasteiger charge is -2.09. The molecule has 2 heterocycles. The smallest absolute Gasteiger partial charge is 0.234 e. The van der Waals surface area contributed by atoms with Crippen molar-refractivity contribution in [3.05, 3.63) is 35.7 Å². The van der Waals surface area contributed by atoms with Crippen molar-refractivity contribution in [3.8, 4) is 0 Å². The third kappa shape index (κ3) is 4.58. The Labute approximate surface area is 170 Å². The Balaban J connectivity index is 1.69. The van der Waals surface area contributed by atoms with Crippen LogP contribution in [0.4, 0.5) is 5.69 Å². The summed E-state index contributed by atoms with van der Waals surface area (Å²) in [5.41, 5.74) is 4.72. The first-order chi connectivity index (χ1) is 13.5. The molecule has 0 saturated heterocycles. The Morgan fingerprint density at radius 2 is 1.96 bits per heavy atom. The van der Waals surface area contributed by atoms with Crippen molar-refractivity contribution in [3.63, 3.8) is 0 Å². The van der Waals surface area contributed by atoms with Crippen LogP contribution in [0.1, 0.15) is 44.0 Å². The molecule has 1 aromatic carbocycles. The monoisotopic (exact) mass is 399 g/mol. The highest BCUT2D eigenvalue weighted by atomic mass is 32.2. The van der Waals surface area contributed by atoms with Gasteiger partial charge < -0.3 is 9.88 Å². The van der Waals surface area contributed by atoms with E-state index in [2.05, 4.69) is 28.0 Å². The molecule has 28 heavy (non-hydrogen) atoms. The summed E-state index contributed by atoms with van der Waals surface area (Å²) in [6.45, 7) is 7.02. The molecular weight excluding hydrogens is 370 g/mol. The Kier molecular flexibility index (Phi) is 6.78. The number of nitrogens with one attached hydrogen (secondary N) is 1. The van der Waals surface area contributed by atoms with Crippen molar-refractivity contribution in [2.24, 2.45) is 7.05 Å². The van der Waals surface area contributed by atoms with Crippen LogP contribution in [-0.4, -0.2) is 31.0 Å². The van der Waals surface area contributed by atoms with Gasteiger partial charge in [0, 0.05) is 13.6 Å². The van der Waals surface area contributed by atoms with E-state index in [1.165, 1.54) is 31.0 Å². The molecule has 0 bridgehead atoms. The molecule has 0 saturated carbocycles. The van der Waals surface area contributed by atoms with Crippen molar-refractivity contribution >= 4 is 34.4 Å². The second-order valence-electron chi connectivity index (χ2n) is 7.10. The molecule has 3 rings (SSSR count). The summed E-state index contributed by atoms with van der Waals surface area (Å²) >= 11 is 1.50.